The van der Waals surface area contributed by atoms with Crippen LogP contribution in [-0.2, 0) is 23.8 Å². The summed E-state index contributed by atoms with van der Waals surface area (Å²) in [6.07, 6.45) is 3.28. The van der Waals surface area contributed by atoms with E-state index in [1.165, 1.54) is 36.0 Å². The van der Waals surface area contributed by atoms with Gasteiger partial charge in [-0.2, -0.15) is 0 Å². The van der Waals surface area contributed by atoms with Crippen molar-refractivity contribution in [3.05, 3.63) is 89.4 Å². The van der Waals surface area contributed by atoms with E-state index in [4.69, 9.17) is 14.2 Å². The maximum Gasteiger partial charge on any atom is 0.257 e. The van der Waals surface area contributed by atoms with Crippen molar-refractivity contribution in [1.82, 2.24) is 34.5 Å². The minimum atomic E-state index is -0.796. The smallest absolute Gasteiger partial charge is 0.257 e. The number of likely N-dealkylation sites (N-methyl/N-ethyl adjacent to an activating group) is 1. The van der Waals surface area contributed by atoms with Crippen LogP contribution in [0.15, 0.2) is 65.7 Å². The molecule has 5 aromatic rings. The lowest BCUT2D eigenvalue weighted by molar-refractivity contribution is -0.112. The number of anilines is 3. The summed E-state index contributed by atoms with van der Waals surface area (Å²) >= 11 is 1.44. The first-order valence-electron chi connectivity index (χ1n) is 20.7. The number of halogens is 2. The number of benzene rings is 3. The summed E-state index contributed by atoms with van der Waals surface area (Å²) in [6, 6.07) is 14.5. The van der Waals surface area contributed by atoms with E-state index in [1.54, 1.807) is 18.2 Å². The van der Waals surface area contributed by atoms with Gasteiger partial charge in [-0.3, -0.25) is 14.3 Å². The number of aromatic nitrogens is 4. The van der Waals surface area contributed by atoms with E-state index in [0.29, 0.717) is 94.3 Å². The molecule has 0 radical (unpaired) electrons. The van der Waals surface area contributed by atoms with Gasteiger partial charge in [0.25, 0.3) is 5.91 Å². The first kappa shape index (κ1) is 50.9. The third kappa shape index (κ3) is 14.7. The number of imidazole rings is 1. The third-order valence-corrected chi connectivity index (χ3v) is 10.3. The molecule has 64 heavy (non-hydrogen) atoms. The van der Waals surface area contributed by atoms with Crippen LogP contribution in [0, 0.1) is 18.6 Å². The monoisotopic (exact) mass is 905 g/mol. The fourth-order valence-corrected chi connectivity index (χ4v) is 7.07. The zero-order chi connectivity index (χ0) is 46.4. The quantitative estimate of drug-likeness (QED) is 0.0270. The van der Waals surface area contributed by atoms with Crippen LogP contribution in [0.2, 0.25) is 0 Å². The molecule has 0 aliphatic heterocycles. The van der Waals surface area contributed by atoms with E-state index < -0.39 is 23.6 Å². The highest BCUT2D eigenvalue weighted by Crippen LogP contribution is 2.31. The molecule has 0 bridgehead atoms. The second kappa shape index (κ2) is 26.8. The van der Waals surface area contributed by atoms with Crippen molar-refractivity contribution in [3.63, 3.8) is 0 Å². The van der Waals surface area contributed by atoms with E-state index in [1.807, 2.05) is 63.7 Å². The van der Waals surface area contributed by atoms with E-state index in [0.717, 1.165) is 11.1 Å². The zero-order valence-electron chi connectivity index (χ0n) is 37.0. The number of nitrogens with one attached hydrogen (secondary N) is 4. The van der Waals surface area contributed by atoms with Crippen molar-refractivity contribution in [3.8, 4) is 11.3 Å². The number of ether oxygens (including phenoxy) is 3. The molecule has 0 saturated heterocycles. The van der Waals surface area contributed by atoms with Crippen molar-refractivity contribution >= 4 is 65.1 Å². The number of fused-ring (bicyclic) bond motifs is 1. The Morgan fingerprint density at radius 3 is 2.22 bits per heavy atom. The van der Waals surface area contributed by atoms with Crippen molar-refractivity contribution in [2.24, 2.45) is 0 Å². The molecule has 0 fully saturated rings. The van der Waals surface area contributed by atoms with Gasteiger partial charge in [0, 0.05) is 60.0 Å². The zero-order valence-corrected chi connectivity index (χ0v) is 37.8. The fraction of sp³-hybridized carbons (Fsp3) is 0.400. The molecule has 1 unspecified atom stereocenters. The highest BCUT2D eigenvalue weighted by Gasteiger charge is 2.25. The first-order valence-corrected chi connectivity index (χ1v) is 21.6. The van der Waals surface area contributed by atoms with Crippen LogP contribution >= 0.6 is 11.9 Å². The second-order valence-electron chi connectivity index (χ2n) is 14.5. The van der Waals surface area contributed by atoms with Gasteiger partial charge < -0.3 is 49.2 Å². The average Bonchev–Trinajstić information content (AvgIpc) is 3.64. The fourth-order valence-electron chi connectivity index (χ4n) is 6.44. The minimum Gasteiger partial charge on any atom is -0.382 e. The largest absolute Gasteiger partial charge is 0.382 e. The molecule has 16 nitrogen and oxygen atoms in total. The van der Waals surface area contributed by atoms with Gasteiger partial charge in [-0.1, -0.05) is 12.1 Å². The SMILES string of the molecule is CNC.Cc1nc2c(F)cc(-c3nc(Nc4ccc(SNCCOCCOCCOCCNc5cccc(C=O)c5C(=O)N(C)C(C=O)CCC=O)cc4)ncc3F)cc2n1C(C)C. The van der Waals surface area contributed by atoms with Crippen LogP contribution in [0.3, 0.4) is 0 Å². The highest BCUT2D eigenvalue weighted by atomic mass is 32.2. The van der Waals surface area contributed by atoms with Gasteiger partial charge in [-0.25, -0.2) is 23.7 Å². The van der Waals surface area contributed by atoms with Crippen LogP contribution in [-0.4, -0.2) is 129 Å². The van der Waals surface area contributed by atoms with Gasteiger partial charge in [-0.15, -0.1) is 0 Å². The Morgan fingerprint density at radius 1 is 0.906 bits per heavy atom. The van der Waals surface area contributed by atoms with Gasteiger partial charge in [0.1, 0.15) is 29.6 Å². The predicted octanol–water partition coefficient (Wildman–Crippen LogP) is 6.43. The Balaban J connectivity index is 0.00000291. The maximum absolute atomic E-state index is 15.1. The van der Waals surface area contributed by atoms with Crippen molar-refractivity contribution < 1.29 is 42.2 Å². The van der Waals surface area contributed by atoms with Gasteiger partial charge in [0.2, 0.25) is 5.95 Å². The summed E-state index contributed by atoms with van der Waals surface area (Å²) in [5.74, 6) is -0.891. The lowest BCUT2D eigenvalue weighted by Crippen LogP contribution is -2.39. The van der Waals surface area contributed by atoms with Crippen LogP contribution < -0.4 is 20.7 Å². The Morgan fingerprint density at radius 2 is 1.58 bits per heavy atom. The summed E-state index contributed by atoms with van der Waals surface area (Å²) in [5, 5.41) is 8.96. The number of hydrogen-bond acceptors (Lipinski definition) is 15. The minimum absolute atomic E-state index is 0.0231. The standard InChI is InChI=1S/C43H50F2N8O7S.C2H7N/c1-28(2)53-29(3)49-41-35(44)23-31(24-38(41)53)40-36(45)25-47-43(51-40)50-32-10-12-34(13-11-32)61-48-15-18-59-20-22-60-21-19-58-17-14-46-37-9-5-7-30(26-55)39(37)42(57)52(4)33(27-56)8-6-16-54;1-3-2/h5,7,9-13,16,23-28,33,46,48H,6,8,14-15,17-22H2,1-4H3,(H,47,50,51);3H,1-2H3. The van der Waals surface area contributed by atoms with Gasteiger partial charge >= 0.3 is 0 Å². The van der Waals surface area contributed by atoms with E-state index in [2.05, 4.69) is 35.6 Å². The number of carbonyl (C=O) groups excluding carboxylic acids is 4. The Kier molecular flexibility index (Phi) is 21.3. The van der Waals surface area contributed by atoms with Crippen molar-refractivity contribution in [1.29, 1.82) is 0 Å². The normalized spacial score (nSPS) is 11.5. The van der Waals surface area contributed by atoms with Crippen molar-refractivity contribution in [2.75, 3.05) is 84.5 Å². The molecule has 1 atom stereocenters. The molecule has 3 aromatic carbocycles. The van der Waals surface area contributed by atoms with Crippen LogP contribution in [0.4, 0.5) is 26.1 Å². The molecule has 19 heteroatoms. The number of aryl methyl sites for hydroxylation is 1. The lowest BCUT2D eigenvalue weighted by Gasteiger charge is -2.25. The topological polar surface area (TPSA) is 191 Å². The van der Waals surface area contributed by atoms with Gasteiger partial charge in [0.15, 0.2) is 17.9 Å². The number of rotatable bonds is 26. The molecule has 1 amide bonds. The van der Waals surface area contributed by atoms with E-state index >= 15 is 4.39 Å². The lowest BCUT2D eigenvalue weighted by atomic mass is 10.0. The molecule has 344 valence electrons. The molecule has 5 rings (SSSR count). The summed E-state index contributed by atoms with van der Waals surface area (Å²) in [7, 11) is 5.22. The number of aldehydes is 3. The molecule has 2 heterocycles. The maximum atomic E-state index is 15.1. The van der Waals surface area contributed by atoms with Crippen molar-refractivity contribution in [2.45, 2.75) is 50.6 Å². The number of carbonyl (C=O) groups is 4. The summed E-state index contributed by atoms with van der Waals surface area (Å²) in [6.45, 7) is 9.00. The summed E-state index contributed by atoms with van der Waals surface area (Å²) in [5.41, 5.74) is 2.51. The predicted molar refractivity (Wildman–Crippen MR) is 244 cm³/mol. The van der Waals surface area contributed by atoms with Crippen LogP contribution in [0.1, 0.15) is 59.3 Å². The van der Waals surface area contributed by atoms with Gasteiger partial charge in [0.05, 0.1) is 63.0 Å². The molecule has 0 spiro atoms. The summed E-state index contributed by atoms with van der Waals surface area (Å²) < 4.78 is 52.0. The van der Waals surface area contributed by atoms with Crippen LogP contribution in [0.25, 0.3) is 22.3 Å². The molecule has 0 aliphatic carbocycles. The molecule has 0 saturated carbocycles. The average molecular weight is 906 g/mol. The molecule has 2 aromatic heterocycles. The highest BCUT2D eigenvalue weighted by molar-refractivity contribution is 7.97. The van der Waals surface area contributed by atoms with Gasteiger partial charge in [-0.05, 0) is 95.7 Å². The molecule has 4 N–H and O–H groups in total. The summed E-state index contributed by atoms with van der Waals surface area (Å²) in [4.78, 5) is 62.3. The first-order chi connectivity index (χ1) is 31.0. The molecular weight excluding hydrogens is 849 g/mol. The Bertz CT molecular complexity index is 2280. The number of nitrogens with zero attached hydrogens (tertiary/aromatic N) is 5. The van der Waals surface area contributed by atoms with E-state index in [-0.39, 0.29) is 52.7 Å². The third-order valence-electron chi connectivity index (χ3n) is 9.41. The Labute approximate surface area is 376 Å². The molecular formula is C45H57F2N9O7S. The number of amides is 1. The number of hydrogen-bond donors (Lipinski definition) is 4. The molecule has 0 aliphatic rings. The Hall–Kier alpha value is -5.70. The van der Waals surface area contributed by atoms with E-state index in [9.17, 15) is 23.6 Å². The second-order valence-corrected chi connectivity index (χ2v) is 15.5. The van der Waals surface area contributed by atoms with Crippen LogP contribution in [0.5, 0.6) is 0 Å².